The van der Waals surface area contributed by atoms with Gasteiger partial charge in [-0.3, -0.25) is 0 Å². The first-order valence-electron chi connectivity index (χ1n) is 7.37. The first-order valence-corrected chi connectivity index (χ1v) is 7.37. The fourth-order valence-electron chi connectivity index (χ4n) is 2.22. The summed E-state index contributed by atoms with van der Waals surface area (Å²) in [5.41, 5.74) is 3.06. The summed E-state index contributed by atoms with van der Waals surface area (Å²) >= 11 is 0. The molecule has 0 amide bonds. The van der Waals surface area contributed by atoms with E-state index in [0.717, 1.165) is 18.4 Å². The summed E-state index contributed by atoms with van der Waals surface area (Å²) in [6.07, 6.45) is 2.57. The Labute approximate surface area is 134 Å². The van der Waals surface area contributed by atoms with Crippen LogP contribution in [0.5, 0.6) is 11.5 Å². The lowest BCUT2D eigenvalue weighted by Gasteiger charge is -2.14. The lowest BCUT2D eigenvalue weighted by Crippen LogP contribution is -2.05. The van der Waals surface area contributed by atoms with Crippen LogP contribution in [0.15, 0.2) is 47.8 Å². The average molecular weight is 314 g/mol. The van der Waals surface area contributed by atoms with E-state index in [1.165, 1.54) is 12.1 Å². The third-order valence-corrected chi connectivity index (χ3v) is 3.37. The van der Waals surface area contributed by atoms with Crippen molar-refractivity contribution in [3.8, 4) is 11.5 Å². The van der Waals surface area contributed by atoms with Crippen LogP contribution < -0.4 is 10.2 Å². The van der Waals surface area contributed by atoms with Crippen molar-refractivity contribution >= 4 is 11.7 Å². The van der Waals surface area contributed by atoms with Crippen LogP contribution in [0.25, 0.3) is 0 Å². The van der Waals surface area contributed by atoms with Crippen molar-refractivity contribution in [1.82, 2.24) is 0 Å². The minimum Gasteiger partial charge on any atom is -0.478 e. The van der Waals surface area contributed by atoms with Gasteiger partial charge in [0.2, 0.25) is 0 Å². The number of nitroso groups, excluding NO2 is 1. The SMILES string of the molecule is CCCCc1cc(C(=O)O)c(NN=O)cc1Oc1ccccc1. The third-order valence-electron chi connectivity index (χ3n) is 3.37. The van der Waals surface area contributed by atoms with Crippen LogP contribution in [-0.2, 0) is 6.42 Å². The highest BCUT2D eigenvalue weighted by molar-refractivity contribution is 5.95. The van der Waals surface area contributed by atoms with Gasteiger partial charge in [0.1, 0.15) is 11.5 Å². The molecule has 0 fully saturated rings. The molecule has 0 atom stereocenters. The number of unbranched alkanes of at least 4 members (excludes halogenated alkanes) is 1. The topological polar surface area (TPSA) is 88.0 Å². The van der Waals surface area contributed by atoms with Gasteiger partial charge in [0.25, 0.3) is 0 Å². The molecule has 0 spiro atoms. The Balaban J connectivity index is 2.45. The first kappa shape index (κ1) is 16.5. The summed E-state index contributed by atoms with van der Waals surface area (Å²) in [4.78, 5) is 21.8. The highest BCUT2D eigenvalue weighted by Crippen LogP contribution is 2.32. The summed E-state index contributed by atoms with van der Waals surface area (Å²) in [6.45, 7) is 2.06. The van der Waals surface area contributed by atoms with Gasteiger partial charge in [-0.05, 0) is 36.6 Å². The predicted molar refractivity (Wildman–Crippen MR) is 87.9 cm³/mol. The van der Waals surface area contributed by atoms with Gasteiger partial charge in [-0.25, -0.2) is 10.2 Å². The van der Waals surface area contributed by atoms with Crippen LogP contribution in [-0.4, -0.2) is 11.1 Å². The summed E-state index contributed by atoms with van der Waals surface area (Å²) in [7, 11) is 0. The molecule has 0 heterocycles. The molecule has 2 N–H and O–H groups in total. The van der Waals surface area contributed by atoms with Crippen LogP contribution in [0.2, 0.25) is 0 Å². The van der Waals surface area contributed by atoms with Gasteiger partial charge in [-0.2, -0.15) is 0 Å². The Bertz CT molecular complexity index is 686. The third kappa shape index (κ3) is 4.29. The largest absolute Gasteiger partial charge is 0.478 e. The first-order chi connectivity index (χ1) is 11.2. The van der Waals surface area contributed by atoms with E-state index in [-0.39, 0.29) is 11.3 Å². The second kappa shape index (κ2) is 7.93. The number of carboxylic acids is 1. The minimum atomic E-state index is -1.12. The van der Waals surface area contributed by atoms with E-state index in [9.17, 15) is 14.8 Å². The maximum absolute atomic E-state index is 11.4. The number of nitrogens with zero attached hydrogens (tertiary/aromatic N) is 1. The summed E-state index contributed by atoms with van der Waals surface area (Å²) < 4.78 is 5.85. The van der Waals surface area contributed by atoms with Crippen LogP contribution in [0.3, 0.4) is 0 Å². The normalized spacial score (nSPS) is 10.1. The number of hydrogen-bond acceptors (Lipinski definition) is 4. The smallest absolute Gasteiger partial charge is 0.337 e. The molecule has 0 saturated carbocycles. The van der Waals surface area contributed by atoms with Gasteiger partial charge < -0.3 is 9.84 Å². The molecule has 0 unspecified atom stereocenters. The van der Waals surface area contributed by atoms with Gasteiger partial charge in [0, 0.05) is 6.07 Å². The number of para-hydroxylation sites is 1. The van der Waals surface area contributed by atoms with E-state index in [1.807, 2.05) is 18.2 Å². The molecular weight excluding hydrogens is 296 g/mol. The molecule has 2 rings (SSSR count). The molecule has 0 bridgehead atoms. The van der Waals surface area contributed by atoms with Crippen LogP contribution in [0, 0.1) is 4.91 Å². The standard InChI is InChI=1S/C17H18N2O4/c1-2-3-7-12-10-14(17(20)21)15(18-19-22)11-16(12)23-13-8-5-4-6-9-13/h4-6,8-11H,2-3,7H2,1H3,(H,18,22)(H,20,21). The second-order valence-electron chi connectivity index (χ2n) is 5.03. The van der Waals surface area contributed by atoms with E-state index < -0.39 is 5.97 Å². The summed E-state index contributed by atoms with van der Waals surface area (Å²) in [6, 6.07) is 12.2. The molecule has 23 heavy (non-hydrogen) atoms. The van der Waals surface area contributed by atoms with Crippen molar-refractivity contribution in [3.05, 3.63) is 58.5 Å². The highest BCUT2D eigenvalue weighted by Gasteiger charge is 2.16. The molecular formula is C17H18N2O4. The van der Waals surface area contributed by atoms with Crippen molar-refractivity contribution in [3.63, 3.8) is 0 Å². The average Bonchev–Trinajstić information content (AvgIpc) is 2.55. The fraction of sp³-hybridized carbons (Fsp3) is 0.235. The van der Waals surface area contributed by atoms with Gasteiger partial charge in [-0.1, -0.05) is 31.5 Å². The molecule has 0 saturated heterocycles. The highest BCUT2D eigenvalue weighted by atomic mass is 16.5. The Morgan fingerprint density at radius 1 is 1.26 bits per heavy atom. The molecule has 2 aromatic rings. The molecule has 120 valence electrons. The van der Waals surface area contributed by atoms with Crippen LogP contribution in [0.1, 0.15) is 35.7 Å². The van der Waals surface area contributed by atoms with Gasteiger partial charge in [-0.15, -0.1) is 4.91 Å². The summed E-state index contributed by atoms with van der Waals surface area (Å²) in [5.74, 6) is 0.0271. The zero-order valence-electron chi connectivity index (χ0n) is 12.8. The van der Waals surface area contributed by atoms with Gasteiger partial charge in [0.15, 0.2) is 0 Å². The molecule has 6 heteroatoms. The van der Waals surface area contributed by atoms with Crippen molar-refractivity contribution in [2.45, 2.75) is 26.2 Å². The number of rotatable bonds is 8. The van der Waals surface area contributed by atoms with Crippen molar-refractivity contribution < 1.29 is 14.6 Å². The number of aromatic carboxylic acids is 1. The van der Waals surface area contributed by atoms with Crippen LogP contribution >= 0.6 is 0 Å². The van der Waals surface area contributed by atoms with Crippen molar-refractivity contribution in [2.24, 2.45) is 5.29 Å². The zero-order valence-corrected chi connectivity index (χ0v) is 12.8. The maximum Gasteiger partial charge on any atom is 0.337 e. The molecule has 0 aliphatic carbocycles. The Morgan fingerprint density at radius 3 is 2.61 bits per heavy atom. The van der Waals surface area contributed by atoms with E-state index in [1.54, 1.807) is 12.1 Å². The second-order valence-corrected chi connectivity index (χ2v) is 5.03. The predicted octanol–water partition coefficient (Wildman–Crippen LogP) is 4.61. The Kier molecular flexibility index (Phi) is 5.68. The fourth-order valence-corrected chi connectivity index (χ4v) is 2.22. The van der Waals surface area contributed by atoms with Crippen molar-refractivity contribution in [1.29, 1.82) is 0 Å². The number of carboxylic acid groups (broad SMARTS) is 1. The number of nitrogens with one attached hydrogen (secondary N) is 1. The van der Waals surface area contributed by atoms with E-state index in [4.69, 9.17) is 4.74 Å². The lowest BCUT2D eigenvalue weighted by atomic mass is 10.0. The molecule has 0 aliphatic rings. The monoisotopic (exact) mass is 314 g/mol. The molecule has 0 aromatic heterocycles. The van der Waals surface area contributed by atoms with Crippen molar-refractivity contribution in [2.75, 3.05) is 5.43 Å². The van der Waals surface area contributed by atoms with Gasteiger partial charge >= 0.3 is 5.97 Å². The zero-order chi connectivity index (χ0) is 16.7. The summed E-state index contributed by atoms with van der Waals surface area (Å²) in [5, 5.41) is 11.9. The Hall–Kier alpha value is -2.89. The number of carbonyl (C=O) groups is 1. The van der Waals surface area contributed by atoms with E-state index in [0.29, 0.717) is 17.9 Å². The quantitative estimate of drug-likeness (QED) is 0.548. The number of anilines is 1. The maximum atomic E-state index is 11.4. The molecule has 2 aromatic carbocycles. The molecule has 0 radical (unpaired) electrons. The lowest BCUT2D eigenvalue weighted by molar-refractivity contribution is 0.0698. The van der Waals surface area contributed by atoms with Crippen LogP contribution in [0.4, 0.5) is 5.69 Å². The molecule has 6 nitrogen and oxygen atoms in total. The minimum absolute atomic E-state index is 0.00360. The van der Waals surface area contributed by atoms with E-state index >= 15 is 0 Å². The number of benzene rings is 2. The molecule has 0 aliphatic heterocycles. The van der Waals surface area contributed by atoms with Gasteiger partial charge in [0.05, 0.1) is 16.5 Å². The number of ether oxygens (including phenoxy) is 1. The van der Waals surface area contributed by atoms with E-state index in [2.05, 4.69) is 17.6 Å². The number of hydrogen-bond donors (Lipinski definition) is 2. The number of aryl methyl sites for hydroxylation is 1. The Morgan fingerprint density at radius 2 is 2.00 bits per heavy atom.